The van der Waals surface area contributed by atoms with Crippen LogP contribution < -0.4 is 0 Å². The van der Waals surface area contributed by atoms with E-state index < -0.39 is 0 Å². The summed E-state index contributed by atoms with van der Waals surface area (Å²) in [4.78, 5) is 16.9. The summed E-state index contributed by atoms with van der Waals surface area (Å²) in [6, 6.07) is 0.473. The quantitative estimate of drug-likeness (QED) is 0.905. The first-order chi connectivity index (χ1) is 10.3. The van der Waals surface area contributed by atoms with Crippen LogP contribution in [0.3, 0.4) is 0 Å². The van der Waals surface area contributed by atoms with E-state index in [2.05, 4.69) is 47.9 Å². The minimum atomic E-state index is 0.273. The van der Waals surface area contributed by atoms with Crippen LogP contribution in [-0.4, -0.2) is 59.1 Å². The number of hydrogen-bond donors (Lipinski definition) is 1. The molecular weight excluding hydrogens is 276 g/mol. The summed E-state index contributed by atoms with van der Waals surface area (Å²) in [7, 11) is 4.23. The number of H-pyrrole nitrogens is 1. The van der Waals surface area contributed by atoms with Gasteiger partial charge < -0.3 is 9.80 Å². The molecule has 1 aliphatic rings. The molecule has 1 aromatic rings. The normalized spacial score (nSPS) is 22.1. The highest BCUT2D eigenvalue weighted by atomic mass is 16.2. The summed E-state index contributed by atoms with van der Waals surface area (Å²) in [5.41, 5.74) is 3.29. The second-order valence-corrected chi connectivity index (χ2v) is 7.15. The second kappa shape index (κ2) is 6.82. The number of aromatic amines is 1. The fourth-order valence-corrected chi connectivity index (χ4v) is 3.55. The Morgan fingerprint density at radius 1 is 1.36 bits per heavy atom. The van der Waals surface area contributed by atoms with Crippen LogP contribution in [0.5, 0.6) is 0 Å². The van der Waals surface area contributed by atoms with E-state index in [1.807, 2.05) is 13.8 Å². The van der Waals surface area contributed by atoms with E-state index >= 15 is 0 Å². The van der Waals surface area contributed by atoms with Crippen LogP contribution in [0, 0.1) is 25.7 Å². The lowest BCUT2D eigenvalue weighted by Crippen LogP contribution is -2.37. The molecule has 0 aromatic carbocycles. The summed E-state index contributed by atoms with van der Waals surface area (Å²) in [5, 5.41) is 7.20. The van der Waals surface area contributed by atoms with E-state index in [4.69, 9.17) is 0 Å². The molecule has 1 N–H and O–H groups in total. The van der Waals surface area contributed by atoms with E-state index in [1.54, 1.807) is 0 Å². The van der Waals surface area contributed by atoms with E-state index in [-0.39, 0.29) is 5.91 Å². The van der Waals surface area contributed by atoms with Gasteiger partial charge in [-0.15, -0.1) is 0 Å². The molecule has 1 amide bonds. The number of likely N-dealkylation sites (tertiary alicyclic amines) is 1. The molecule has 2 rings (SSSR count). The predicted molar refractivity (Wildman–Crippen MR) is 88.8 cm³/mol. The van der Waals surface area contributed by atoms with Crippen molar-refractivity contribution in [3.63, 3.8) is 0 Å². The van der Waals surface area contributed by atoms with Crippen LogP contribution in [0.1, 0.15) is 37.2 Å². The summed E-state index contributed by atoms with van der Waals surface area (Å²) >= 11 is 0. The van der Waals surface area contributed by atoms with Crippen molar-refractivity contribution in [3.8, 4) is 0 Å². The third kappa shape index (κ3) is 3.51. The molecule has 0 radical (unpaired) electrons. The zero-order valence-electron chi connectivity index (χ0n) is 14.8. The van der Waals surface area contributed by atoms with E-state index in [9.17, 15) is 4.79 Å². The number of nitrogens with zero attached hydrogens (tertiary/aromatic N) is 3. The zero-order chi connectivity index (χ0) is 16.4. The summed E-state index contributed by atoms with van der Waals surface area (Å²) in [5.74, 6) is 1.44. The molecule has 0 spiro atoms. The molecule has 1 fully saturated rings. The van der Waals surface area contributed by atoms with Crippen molar-refractivity contribution in [2.75, 3.05) is 27.2 Å². The molecule has 0 saturated carbocycles. The Bertz CT molecular complexity index is 485. The SMILES string of the molecule is Cc1n[nH]c(C)c1CCC(=O)N1C[C@@H](N(C)C)[C@H](C(C)C)C1. The summed E-state index contributed by atoms with van der Waals surface area (Å²) < 4.78 is 0. The van der Waals surface area contributed by atoms with Crippen LogP contribution in [-0.2, 0) is 11.2 Å². The molecule has 1 aliphatic heterocycles. The Labute approximate surface area is 134 Å². The Balaban J connectivity index is 1.96. The van der Waals surface area contributed by atoms with Crippen molar-refractivity contribution in [2.24, 2.45) is 11.8 Å². The molecule has 0 aliphatic carbocycles. The lowest BCUT2D eigenvalue weighted by Gasteiger charge is -2.27. The maximum atomic E-state index is 12.6. The molecule has 0 bridgehead atoms. The van der Waals surface area contributed by atoms with Gasteiger partial charge in [0.15, 0.2) is 0 Å². The van der Waals surface area contributed by atoms with Gasteiger partial charge in [0, 0.05) is 31.2 Å². The highest BCUT2D eigenvalue weighted by Gasteiger charge is 2.37. The Morgan fingerprint density at radius 3 is 2.50 bits per heavy atom. The van der Waals surface area contributed by atoms with Crippen molar-refractivity contribution in [1.29, 1.82) is 0 Å². The highest BCUT2D eigenvalue weighted by molar-refractivity contribution is 5.77. The highest BCUT2D eigenvalue weighted by Crippen LogP contribution is 2.27. The molecule has 1 saturated heterocycles. The Kier molecular flexibility index (Phi) is 5.27. The van der Waals surface area contributed by atoms with Gasteiger partial charge in [0.25, 0.3) is 0 Å². The van der Waals surface area contributed by atoms with Gasteiger partial charge in [-0.3, -0.25) is 9.89 Å². The number of likely N-dealkylation sites (N-methyl/N-ethyl adjacent to an activating group) is 1. The first-order valence-electron chi connectivity index (χ1n) is 8.25. The van der Waals surface area contributed by atoms with Crippen LogP contribution in [0.15, 0.2) is 0 Å². The number of aryl methyl sites for hydroxylation is 2. The third-order valence-corrected chi connectivity index (χ3v) is 5.07. The first kappa shape index (κ1) is 17.0. The Morgan fingerprint density at radius 2 is 2.05 bits per heavy atom. The molecule has 5 nitrogen and oxygen atoms in total. The first-order valence-corrected chi connectivity index (χ1v) is 8.25. The smallest absolute Gasteiger partial charge is 0.222 e. The lowest BCUT2D eigenvalue weighted by molar-refractivity contribution is -0.130. The number of carbonyl (C=O) groups is 1. The molecule has 0 unspecified atom stereocenters. The molecule has 2 atom stereocenters. The number of aromatic nitrogens is 2. The molecular formula is C17H30N4O. The average Bonchev–Trinajstić information content (AvgIpc) is 3.02. The van der Waals surface area contributed by atoms with Crippen molar-refractivity contribution in [3.05, 3.63) is 17.0 Å². The number of rotatable bonds is 5. The monoisotopic (exact) mass is 306 g/mol. The molecule has 5 heteroatoms. The number of amides is 1. The molecule has 22 heavy (non-hydrogen) atoms. The number of nitrogens with one attached hydrogen (secondary N) is 1. The fraction of sp³-hybridized carbons (Fsp3) is 0.765. The maximum absolute atomic E-state index is 12.6. The third-order valence-electron chi connectivity index (χ3n) is 5.07. The summed E-state index contributed by atoms with van der Waals surface area (Å²) in [6.45, 7) is 10.3. The molecule has 124 valence electrons. The van der Waals surface area contributed by atoms with Crippen molar-refractivity contribution >= 4 is 5.91 Å². The largest absolute Gasteiger partial charge is 0.341 e. The fourth-order valence-electron chi connectivity index (χ4n) is 3.55. The standard InChI is InChI=1S/C17H30N4O/c1-11(2)15-9-21(10-16(15)20(5)6)17(22)8-7-14-12(3)18-19-13(14)4/h11,15-16H,7-10H2,1-6H3,(H,18,19)/t15-,16+/m0/s1. The minimum Gasteiger partial charge on any atom is -0.341 e. The van der Waals surface area contributed by atoms with Crippen LogP contribution in [0.25, 0.3) is 0 Å². The minimum absolute atomic E-state index is 0.273. The topological polar surface area (TPSA) is 52.2 Å². The second-order valence-electron chi connectivity index (χ2n) is 7.15. The van der Waals surface area contributed by atoms with Gasteiger partial charge in [0.05, 0.1) is 5.69 Å². The van der Waals surface area contributed by atoms with Crippen molar-refractivity contribution in [1.82, 2.24) is 20.0 Å². The van der Waals surface area contributed by atoms with Gasteiger partial charge in [-0.25, -0.2) is 0 Å². The predicted octanol–water partition coefficient (Wildman–Crippen LogP) is 2.00. The maximum Gasteiger partial charge on any atom is 0.222 e. The van der Waals surface area contributed by atoms with Crippen molar-refractivity contribution in [2.45, 2.75) is 46.6 Å². The van der Waals surface area contributed by atoms with Gasteiger partial charge in [0.2, 0.25) is 5.91 Å². The zero-order valence-corrected chi connectivity index (χ0v) is 14.8. The van der Waals surface area contributed by atoms with Gasteiger partial charge >= 0.3 is 0 Å². The van der Waals surface area contributed by atoms with Gasteiger partial charge in [-0.1, -0.05) is 13.8 Å². The van der Waals surface area contributed by atoms with Gasteiger partial charge in [0.1, 0.15) is 0 Å². The number of hydrogen-bond acceptors (Lipinski definition) is 3. The van der Waals surface area contributed by atoms with Gasteiger partial charge in [-0.05, 0) is 51.8 Å². The number of carbonyl (C=O) groups excluding carboxylic acids is 1. The van der Waals surface area contributed by atoms with E-state index in [0.717, 1.165) is 30.9 Å². The van der Waals surface area contributed by atoms with Gasteiger partial charge in [-0.2, -0.15) is 5.10 Å². The van der Waals surface area contributed by atoms with Crippen LogP contribution in [0.4, 0.5) is 0 Å². The van der Waals surface area contributed by atoms with Crippen LogP contribution in [0.2, 0.25) is 0 Å². The summed E-state index contributed by atoms with van der Waals surface area (Å²) in [6.07, 6.45) is 1.36. The molecule has 2 heterocycles. The van der Waals surface area contributed by atoms with Crippen molar-refractivity contribution < 1.29 is 4.79 Å². The lowest BCUT2D eigenvalue weighted by atomic mass is 9.91. The Hall–Kier alpha value is -1.36. The molecule has 1 aromatic heterocycles. The van der Waals surface area contributed by atoms with E-state index in [0.29, 0.717) is 24.3 Å². The average molecular weight is 306 g/mol. The van der Waals surface area contributed by atoms with E-state index in [1.165, 1.54) is 5.56 Å². The van der Waals surface area contributed by atoms with Crippen LogP contribution >= 0.6 is 0 Å².